The number of likely N-dealkylation sites (tertiary alicyclic amines) is 1. The maximum atomic E-state index is 6.24. The Morgan fingerprint density at radius 2 is 2.00 bits per heavy atom. The van der Waals surface area contributed by atoms with E-state index in [4.69, 9.17) is 5.73 Å². The van der Waals surface area contributed by atoms with Gasteiger partial charge in [0, 0.05) is 18.1 Å². The fourth-order valence-electron chi connectivity index (χ4n) is 2.68. The van der Waals surface area contributed by atoms with Crippen LogP contribution in [0, 0.1) is 0 Å². The third kappa shape index (κ3) is 2.63. The summed E-state index contributed by atoms with van der Waals surface area (Å²) in [4.78, 5) is 2.52. The van der Waals surface area contributed by atoms with Gasteiger partial charge in [0.2, 0.25) is 0 Å². The summed E-state index contributed by atoms with van der Waals surface area (Å²) in [5.74, 6) is 0. The van der Waals surface area contributed by atoms with Crippen molar-refractivity contribution < 1.29 is 0 Å². The first-order valence-corrected chi connectivity index (χ1v) is 6.14. The summed E-state index contributed by atoms with van der Waals surface area (Å²) in [6.07, 6.45) is 2.51. The van der Waals surface area contributed by atoms with Crippen molar-refractivity contribution >= 4 is 0 Å². The number of hydrogen-bond acceptors (Lipinski definition) is 2. The second-order valence-electron chi connectivity index (χ2n) is 5.44. The van der Waals surface area contributed by atoms with Gasteiger partial charge in [0.15, 0.2) is 0 Å². The maximum absolute atomic E-state index is 6.24. The minimum atomic E-state index is -0.0920. The van der Waals surface area contributed by atoms with E-state index in [0.29, 0.717) is 6.04 Å². The van der Waals surface area contributed by atoms with Gasteiger partial charge in [-0.25, -0.2) is 0 Å². The molecule has 1 aromatic rings. The van der Waals surface area contributed by atoms with E-state index in [-0.39, 0.29) is 5.54 Å². The molecule has 2 heteroatoms. The van der Waals surface area contributed by atoms with Crippen molar-refractivity contribution in [1.82, 2.24) is 4.90 Å². The molecule has 1 aliphatic heterocycles. The van der Waals surface area contributed by atoms with Crippen molar-refractivity contribution in [3.05, 3.63) is 35.9 Å². The molecule has 1 heterocycles. The van der Waals surface area contributed by atoms with E-state index in [1.165, 1.54) is 24.9 Å². The summed E-state index contributed by atoms with van der Waals surface area (Å²) in [5, 5.41) is 0. The normalized spacial score (nSPS) is 22.6. The van der Waals surface area contributed by atoms with Crippen molar-refractivity contribution in [2.45, 2.75) is 44.8 Å². The zero-order valence-corrected chi connectivity index (χ0v) is 10.3. The Bertz CT molecular complexity index is 326. The van der Waals surface area contributed by atoms with Crippen LogP contribution in [0.4, 0.5) is 0 Å². The van der Waals surface area contributed by atoms with Crippen LogP contribution in [0.15, 0.2) is 30.3 Å². The van der Waals surface area contributed by atoms with Crippen molar-refractivity contribution in [1.29, 1.82) is 0 Å². The smallest absolute Gasteiger partial charge is 0.0274 e. The Labute approximate surface area is 98.4 Å². The molecular formula is C14H22N2. The van der Waals surface area contributed by atoms with Crippen molar-refractivity contribution in [3.8, 4) is 0 Å². The molecule has 16 heavy (non-hydrogen) atoms. The third-order valence-electron chi connectivity index (χ3n) is 3.45. The second-order valence-corrected chi connectivity index (χ2v) is 5.44. The summed E-state index contributed by atoms with van der Waals surface area (Å²) in [7, 11) is 0. The molecule has 0 spiro atoms. The Balaban J connectivity index is 2.05. The molecular weight excluding hydrogens is 196 g/mol. The van der Waals surface area contributed by atoms with Gasteiger partial charge in [0.1, 0.15) is 0 Å². The van der Waals surface area contributed by atoms with Crippen LogP contribution in [0.25, 0.3) is 0 Å². The SMILES string of the molecule is CC(C)(N)[C@@H]1CCCN1Cc1ccccc1. The minimum absolute atomic E-state index is 0.0920. The van der Waals surface area contributed by atoms with E-state index in [1.54, 1.807) is 0 Å². The van der Waals surface area contributed by atoms with Crippen LogP contribution < -0.4 is 5.73 Å². The predicted molar refractivity (Wildman–Crippen MR) is 68.1 cm³/mol. The summed E-state index contributed by atoms with van der Waals surface area (Å²) < 4.78 is 0. The first-order chi connectivity index (χ1) is 7.57. The fourth-order valence-corrected chi connectivity index (χ4v) is 2.68. The average molecular weight is 218 g/mol. The first kappa shape index (κ1) is 11.6. The topological polar surface area (TPSA) is 29.3 Å². The van der Waals surface area contributed by atoms with E-state index in [1.807, 2.05) is 0 Å². The molecule has 2 nitrogen and oxygen atoms in total. The van der Waals surface area contributed by atoms with Crippen LogP contribution >= 0.6 is 0 Å². The molecule has 1 fully saturated rings. The molecule has 0 radical (unpaired) electrons. The lowest BCUT2D eigenvalue weighted by Gasteiger charge is -2.35. The highest BCUT2D eigenvalue weighted by Crippen LogP contribution is 2.26. The number of nitrogens with two attached hydrogens (primary N) is 1. The third-order valence-corrected chi connectivity index (χ3v) is 3.45. The molecule has 1 atom stereocenters. The van der Waals surface area contributed by atoms with Crippen LogP contribution in [0.1, 0.15) is 32.3 Å². The van der Waals surface area contributed by atoms with E-state index in [9.17, 15) is 0 Å². The van der Waals surface area contributed by atoms with Gasteiger partial charge in [0.25, 0.3) is 0 Å². The Hall–Kier alpha value is -0.860. The van der Waals surface area contributed by atoms with Gasteiger partial charge in [-0.3, -0.25) is 4.90 Å². The molecule has 0 aliphatic carbocycles. The Morgan fingerprint density at radius 3 is 2.62 bits per heavy atom. The van der Waals surface area contributed by atoms with E-state index >= 15 is 0 Å². The van der Waals surface area contributed by atoms with Crippen LogP contribution in [-0.4, -0.2) is 23.0 Å². The van der Waals surface area contributed by atoms with Gasteiger partial charge in [0.05, 0.1) is 0 Å². The van der Waals surface area contributed by atoms with Crippen molar-refractivity contribution in [2.75, 3.05) is 6.54 Å². The Morgan fingerprint density at radius 1 is 1.31 bits per heavy atom. The fraction of sp³-hybridized carbons (Fsp3) is 0.571. The van der Waals surface area contributed by atoms with E-state index < -0.39 is 0 Å². The van der Waals surface area contributed by atoms with Gasteiger partial charge in [-0.2, -0.15) is 0 Å². The summed E-state index contributed by atoms with van der Waals surface area (Å²) in [6, 6.07) is 11.2. The zero-order valence-electron chi connectivity index (χ0n) is 10.3. The first-order valence-electron chi connectivity index (χ1n) is 6.14. The van der Waals surface area contributed by atoms with Gasteiger partial charge >= 0.3 is 0 Å². The average Bonchev–Trinajstić information content (AvgIpc) is 2.67. The van der Waals surface area contributed by atoms with Gasteiger partial charge in [-0.15, -0.1) is 0 Å². The van der Waals surface area contributed by atoms with Crippen LogP contribution in [0.2, 0.25) is 0 Å². The highest BCUT2D eigenvalue weighted by molar-refractivity contribution is 5.15. The van der Waals surface area contributed by atoms with E-state index in [2.05, 4.69) is 49.1 Å². The van der Waals surface area contributed by atoms with Crippen LogP contribution in [0.3, 0.4) is 0 Å². The summed E-state index contributed by atoms with van der Waals surface area (Å²) in [6.45, 7) is 6.49. The van der Waals surface area contributed by atoms with Crippen molar-refractivity contribution in [2.24, 2.45) is 5.73 Å². The lowest BCUT2D eigenvalue weighted by Crippen LogP contribution is -2.51. The molecule has 88 valence electrons. The summed E-state index contributed by atoms with van der Waals surface area (Å²) in [5.41, 5.74) is 7.54. The van der Waals surface area contributed by atoms with Crippen LogP contribution in [0.5, 0.6) is 0 Å². The van der Waals surface area contributed by atoms with Gasteiger partial charge < -0.3 is 5.73 Å². The molecule has 0 bridgehead atoms. The number of nitrogens with zero attached hydrogens (tertiary/aromatic N) is 1. The molecule has 0 aromatic heterocycles. The lowest BCUT2D eigenvalue weighted by atomic mass is 9.93. The molecule has 1 aliphatic rings. The molecule has 1 aromatic carbocycles. The molecule has 2 N–H and O–H groups in total. The zero-order chi connectivity index (χ0) is 11.6. The lowest BCUT2D eigenvalue weighted by molar-refractivity contribution is 0.176. The highest BCUT2D eigenvalue weighted by Gasteiger charge is 2.34. The molecule has 1 saturated heterocycles. The van der Waals surface area contributed by atoms with Gasteiger partial charge in [-0.1, -0.05) is 30.3 Å². The van der Waals surface area contributed by atoms with Crippen molar-refractivity contribution in [3.63, 3.8) is 0 Å². The van der Waals surface area contributed by atoms with Gasteiger partial charge in [-0.05, 0) is 38.8 Å². The summed E-state index contributed by atoms with van der Waals surface area (Å²) >= 11 is 0. The number of rotatable bonds is 3. The second kappa shape index (κ2) is 4.56. The Kier molecular flexibility index (Phi) is 3.31. The predicted octanol–water partition coefficient (Wildman–Crippen LogP) is 2.39. The minimum Gasteiger partial charge on any atom is -0.324 e. The quantitative estimate of drug-likeness (QED) is 0.844. The molecule has 2 rings (SSSR count). The molecule has 0 saturated carbocycles. The maximum Gasteiger partial charge on any atom is 0.0274 e. The highest BCUT2D eigenvalue weighted by atomic mass is 15.2. The number of hydrogen-bond donors (Lipinski definition) is 1. The largest absolute Gasteiger partial charge is 0.324 e. The molecule has 0 amide bonds. The number of benzene rings is 1. The van der Waals surface area contributed by atoms with Crippen LogP contribution in [-0.2, 0) is 6.54 Å². The monoisotopic (exact) mass is 218 g/mol. The molecule has 0 unspecified atom stereocenters. The van der Waals surface area contributed by atoms with E-state index in [0.717, 1.165) is 6.54 Å². The standard InChI is InChI=1S/C14H22N2/c1-14(2,15)13-9-6-10-16(13)11-12-7-4-3-5-8-12/h3-5,7-8,13H,6,9-11,15H2,1-2H3/t13-/m0/s1.